The molecule has 34 heavy (non-hydrogen) atoms. The van der Waals surface area contributed by atoms with Crippen LogP contribution in [0.1, 0.15) is 28.2 Å². The van der Waals surface area contributed by atoms with Gasteiger partial charge in [-0.15, -0.1) is 0 Å². The summed E-state index contributed by atoms with van der Waals surface area (Å²) in [6, 6.07) is 14.5. The molecule has 3 aromatic rings. The third kappa shape index (κ3) is 6.20. The number of benzene rings is 2. The lowest BCUT2D eigenvalue weighted by molar-refractivity contribution is -0.135. The van der Waals surface area contributed by atoms with Crippen molar-refractivity contribution in [2.24, 2.45) is 5.73 Å². The van der Waals surface area contributed by atoms with Gasteiger partial charge in [0.25, 0.3) is 5.91 Å². The summed E-state index contributed by atoms with van der Waals surface area (Å²) in [5.41, 5.74) is 7.77. The van der Waals surface area contributed by atoms with E-state index in [1.54, 1.807) is 24.3 Å². The van der Waals surface area contributed by atoms with Crippen LogP contribution in [0.5, 0.6) is 5.75 Å². The molecule has 2 aromatic carbocycles. The molecule has 1 saturated heterocycles. The summed E-state index contributed by atoms with van der Waals surface area (Å²) < 4.78 is 11.0. The van der Waals surface area contributed by atoms with Crippen molar-refractivity contribution in [3.8, 4) is 17.1 Å². The van der Waals surface area contributed by atoms with Gasteiger partial charge < -0.3 is 19.9 Å². The molecule has 9 heteroatoms. The largest absolute Gasteiger partial charge is 0.484 e. The van der Waals surface area contributed by atoms with Crippen molar-refractivity contribution in [3.05, 3.63) is 65.5 Å². The van der Waals surface area contributed by atoms with E-state index >= 15 is 0 Å². The number of carbonyl (C=O) groups excluding carboxylic acids is 2. The van der Waals surface area contributed by atoms with Gasteiger partial charge in [-0.2, -0.15) is 4.98 Å². The van der Waals surface area contributed by atoms with Crippen molar-refractivity contribution in [1.29, 1.82) is 0 Å². The molecule has 2 N–H and O–H groups in total. The summed E-state index contributed by atoms with van der Waals surface area (Å²) in [4.78, 5) is 32.2. The van der Waals surface area contributed by atoms with Gasteiger partial charge in [-0.25, -0.2) is 0 Å². The molecule has 1 fully saturated rings. The molecule has 178 valence electrons. The molecule has 1 aliphatic heterocycles. The molecule has 0 saturated carbocycles. The summed E-state index contributed by atoms with van der Waals surface area (Å²) in [5, 5.41) is 4.09. The number of nitrogens with zero attached hydrogens (tertiary/aromatic N) is 4. The van der Waals surface area contributed by atoms with Crippen molar-refractivity contribution in [3.63, 3.8) is 0 Å². The fourth-order valence-corrected chi connectivity index (χ4v) is 3.80. The minimum absolute atomic E-state index is 0.0314. The molecule has 2 amide bonds. The van der Waals surface area contributed by atoms with Crippen LogP contribution in [0.3, 0.4) is 0 Å². The van der Waals surface area contributed by atoms with E-state index in [-0.39, 0.29) is 12.5 Å². The summed E-state index contributed by atoms with van der Waals surface area (Å²) in [5.74, 6) is 1.25. The van der Waals surface area contributed by atoms with Crippen LogP contribution in [0, 0.1) is 6.92 Å². The smallest absolute Gasteiger partial charge is 0.260 e. The molecular formula is C25H29N5O4. The number of nitrogens with two attached hydrogens (primary N) is 1. The van der Waals surface area contributed by atoms with E-state index in [1.165, 1.54) is 5.56 Å². The number of aryl methyl sites for hydroxylation is 2. The highest BCUT2D eigenvalue weighted by atomic mass is 16.5. The van der Waals surface area contributed by atoms with Gasteiger partial charge in [0.2, 0.25) is 17.6 Å². The van der Waals surface area contributed by atoms with E-state index in [0.29, 0.717) is 36.1 Å². The monoisotopic (exact) mass is 463 g/mol. The highest BCUT2D eigenvalue weighted by Crippen LogP contribution is 2.17. The maximum absolute atomic E-state index is 12.5. The first-order chi connectivity index (χ1) is 16.5. The number of carbonyl (C=O) groups is 2. The number of hydrogen-bond donors (Lipinski definition) is 1. The lowest BCUT2D eigenvalue weighted by Crippen LogP contribution is -2.50. The summed E-state index contributed by atoms with van der Waals surface area (Å²) in [6.45, 7) is 5.89. The summed E-state index contributed by atoms with van der Waals surface area (Å²) >= 11 is 0. The zero-order valence-electron chi connectivity index (χ0n) is 19.3. The molecule has 4 rings (SSSR count). The normalized spacial score (nSPS) is 14.2. The first-order valence-corrected chi connectivity index (χ1v) is 11.4. The van der Waals surface area contributed by atoms with Crippen LogP contribution in [-0.2, 0) is 11.2 Å². The first-order valence-electron chi connectivity index (χ1n) is 11.4. The lowest BCUT2D eigenvalue weighted by atomic mass is 10.1. The van der Waals surface area contributed by atoms with Gasteiger partial charge in [0, 0.05) is 43.7 Å². The highest BCUT2D eigenvalue weighted by Gasteiger charge is 2.21. The van der Waals surface area contributed by atoms with E-state index in [9.17, 15) is 9.59 Å². The Hall–Kier alpha value is -3.72. The number of hydrogen-bond acceptors (Lipinski definition) is 7. The molecule has 0 spiro atoms. The standard InChI is InChI=1S/C25H29N5O4/c1-18-4-6-20(7-5-18)25-27-22(34-28-25)3-2-12-29-13-15-30(16-14-29)23(31)17-33-21-10-8-19(9-11-21)24(26)32/h4-11H,2-3,12-17H2,1H3,(H2,26,32). The first kappa shape index (κ1) is 23.4. The Bertz CT molecular complexity index is 1100. The van der Waals surface area contributed by atoms with Gasteiger partial charge in [-0.3, -0.25) is 14.5 Å². The Morgan fingerprint density at radius 2 is 1.74 bits per heavy atom. The molecule has 9 nitrogen and oxygen atoms in total. The molecule has 2 heterocycles. The Morgan fingerprint density at radius 1 is 1.03 bits per heavy atom. The second-order valence-electron chi connectivity index (χ2n) is 8.38. The minimum Gasteiger partial charge on any atom is -0.484 e. The number of rotatable bonds is 9. The van der Waals surface area contributed by atoms with E-state index < -0.39 is 5.91 Å². The van der Waals surface area contributed by atoms with Gasteiger partial charge in [0.1, 0.15) is 5.75 Å². The van der Waals surface area contributed by atoms with Gasteiger partial charge in [0.05, 0.1) is 0 Å². The fraction of sp³-hybridized carbons (Fsp3) is 0.360. The van der Waals surface area contributed by atoms with Crippen LogP contribution in [0.4, 0.5) is 0 Å². The zero-order chi connectivity index (χ0) is 23.9. The second-order valence-corrected chi connectivity index (χ2v) is 8.38. The number of amides is 2. The van der Waals surface area contributed by atoms with E-state index in [0.717, 1.165) is 38.0 Å². The van der Waals surface area contributed by atoms with Crippen molar-refractivity contribution in [2.75, 3.05) is 39.3 Å². The highest BCUT2D eigenvalue weighted by molar-refractivity contribution is 5.92. The number of primary amides is 1. The van der Waals surface area contributed by atoms with Gasteiger partial charge in [-0.1, -0.05) is 35.0 Å². The Labute approximate surface area is 198 Å². The topological polar surface area (TPSA) is 115 Å². The van der Waals surface area contributed by atoms with E-state index in [2.05, 4.69) is 15.0 Å². The number of ether oxygens (including phenoxy) is 1. The van der Waals surface area contributed by atoms with Crippen LogP contribution in [0.2, 0.25) is 0 Å². The van der Waals surface area contributed by atoms with Crippen molar-refractivity contribution in [2.45, 2.75) is 19.8 Å². The third-order valence-electron chi connectivity index (χ3n) is 5.87. The van der Waals surface area contributed by atoms with Gasteiger partial charge in [-0.05, 0) is 44.2 Å². The molecule has 0 bridgehead atoms. The van der Waals surface area contributed by atoms with Crippen molar-refractivity contribution >= 4 is 11.8 Å². The average Bonchev–Trinajstić information content (AvgIpc) is 3.32. The van der Waals surface area contributed by atoms with Gasteiger partial charge in [0.15, 0.2) is 6.61 Å². The fourth-order valence-electron chi connectivity index (χ4n) is 3.80. The van der Waals surface area contributed by atoms with Crippen LogP contribution < -0.4 is 10.5 Å². The third-order valence-corrected chi connectivity index (χ3v) is 5.87. The predicted octanol–water partition coefficient (Wildman–Crippen LogP) is 2.30. The SMILES string of the molecule is Cc1ccc(-c2noc(CCCN3CCN(C(=O)COc4ccc(C(N)=O)cc4)CC3)n2)cc1. The molecule has 1 aromatic heterocycles. The average molecular weight is 464 g/mol. The molecule has 0 radical (unpaired) electrons. The van der Waals surface area contributed by atoms with Gasteiger partial charge >= 0.3 is 0 Å². The van der Waals surface area contributed by atoms with Crippen LogP contribution in [0.25, 0.3) is 11.4 Å². The molecule has 0 aliphatic carbocycles. The summed E-state index contributed by atoms with van der Waals surface area (Å²) in [6.07, 6.45) is 1.63. The van der Waals surface area contributed by atoms with E-state index in [1.807, 2.05) is 36.1 Å². The second kappa shape index (κ2) is 10.9. The molecule has 0 unspecified atom stereocenters. The minimum atomic E-state index is -0.496. The van der Waals surface area contributed by atoms with Crippen LogP contribution in [0.15, 0.2) is 53.1 Å². The Morgan fingerprint density at radius 3 is 2.41 bits per heavy atom. The van der Waals surface area contributed by atoms with Crippen LogP contribution in [-0.4, -0.2) is 71.1 Å². The number of aromatic nitrogens is 2. The maximum Gasteiger partial charge on any atom is 0.260 e. The van der Waals surface area contributed by atoms with Crippen LogP contribution >= 0.6 is 0 Å². The molecule has 0 atom stereocenters. The Balaban J connectivity index is 1.15. The molecule has 1 aliphatic rings. The Kier molecular flexibility index (Phi) is 7.54. The lowest BCUT2D eigenvalue weighted by Gasteiger charge is -2.34. The predicted molar refractivity (Wildman–Crippen MR) is 126 cm³/mol. The quantitative estimate of drug-likeness (QED) is 0.518. The van der Waals surface area contributed by atoms with Crippen molar-refractivity contribution in [1.82, 2.24) is 19.9 Å². The zero-order valence-corrected chi connectivity index (χ0v) is 19.3. The van der Waals surface area contributed by atoms with E-state index in [4.69, 9.17) is 15.0 Å². The number of piperazine rings is 1. The van der Waals surface area contributed by atoms with Crippen molar-refractivity contribution < 1.29 is 18.8 Å². The molecular weight excluding hydrogens is 434 g/mol. The maximum atomic E-state index is 12.5. The summed E-state index contributed by atoms with van der Waals surface area (Å²) in [7, 11) is 0.